The van der Waals surface area contributed by atoms with Gasteiger partial charge < -0.3 is 0 Å². The second kappa shape index (κ2) is 5.19. The van der Waals surface area contributed by atoms with Crippen molar-refractivity contribution in [1.29, 1.82) is 0 Å². The summed E-state index contributed by atoms with van der Waals surface area (Å²) in [6.07, 6.45) is 10.3. The van der Waals surface area contributed by atoms with Gasteiger partial charge in [-0.3, -0.25) is 0 Å². The smallest absolute Gasteiger partial charge is 0.147 e. The molecular formula is C17H22BrClN2. The molecule has 4 heteroatoms. The zero-order valence-corrected chi connectivity index (χ0v) is 14.9. The van der Waals surface area contributed by atoms with Gasteiger partial charge in [-0.25, -0.2) is 9.97 Å². The fourth-order valence-electron chi connectivity index (χ4n) is 5.49. The van der Waals surface area contributed by atoms with Crippen LogP contribution in [0.2, 0.25) is 5.15 Å². The van der Waals surface area contributed by atoms with Crippen molar-refractivity contribution in [3.05, 3.63) is 21.1 Å². The average molecular weight is 370 g/mol. The number of nitrogens with zero attached hydrogens (tertiary/aromatic N) is 2. The lowest BCUT2D eigenvalue weighted by Crippen LogP contribution is -2.49. The number of rotatable bonds is 3. The van der Waals surface area contributed by atoms with Gasteiger partial charge in [0.15, 0.2) is 0 Å². The van der Waals surface area contributed by atoms with Crippen molar-refractivity contribution in [3.8, 4) is 0 Å². The molecule has 1 aromatic heterocycles. The van der Waals surface area contributed by atoms with E-state index in [2.05, 4.69) is 22.9 Å². The summed E-state index contributed by atoms with van der Waals surface area (Å²) < 4.78 is 0.902. The van der Waals surface area contributed by atoms with E-state index in [-0.39, 0.29) is 5.41 Å². The Morgan fingerprint density at radius 3 is 2.19 bits per heavy atom. The van der Waals surface area contributed by atoms with E-state index in [0.717, 1.165) is 46.6 Å². The fraction of sp³-hybridized carbons (Fsp3) is 0.765. The standard InChI is InChI=1S/C17H22BrClN2/c1-2-3-13-14(18)15(19)21-16(20-13)17-7-10-4-11(8-17)6-12(5-10)9-17/h10-12H,2-9H2,1H3. The summed E-state index contributed by atoms with van der Waals surface area (Å²) in [6.45, 7) is 2.19. The minimum Gasteiger partial charge on any atom is -0.236 e. The quantitative estimate of drug-likeness (QED) is 0.674. The normalized spacial score (nSPS) is 37.2. The SMILES string of the molecule is CCCc1nc(C23CC4CC(CC(C4)C2)C3)nc(Cl)c1Br. The molecule has 4 bridgehead atoms. The summed E-state index contributed by atoms with van der Waals surface area (Å²) in [4.78, 5) is 9.68. The monoisotopic (exact) mass is 368 g/mol. The van der Waals surface area contributed by atoms with Gasteiger partial charge in [0.2, 0.25) is 0 Å². The van der Waals surface area contributed by atoms with E-state index in [0.29, 0.717) is 5.15 Å². The molecule has 4 aliphatic rings. The van der Waals surface area contributed by atoms with Crippen molar-refractivity contribution in [2.24, 2.45) is 17.8 Å². The molecule has 0 radical (unpaired) electrons. The molecule has 2 nitrogen and oxygen atoms in total. The van der Waals surface area contributed by atoms with Gasteiger partial charge in [-0.15, -0.1) is 0 Å². The van der Waals surface area contributed by atoms with Gasteiger partial charge in [0.1, 0.15) is 11.0 Å². The highest BCUT2D eigenvalue weighted by Gasteiger charge is 2.53. The second-order valence-electron chi connectivity index (χ2n) is 7.55. The molecule has 0 unspecified atom stereocenters. The second-order valence-corrected chi connectivity index (χ2v) is 8.70. The molecule has 0 amide bonds. The molecule has 0 N–H and O–H groups in total. The summed E-state index contributed by atoms with van der Waals surface area (Å²) in [5.41, 5.74) is 1.34. The van der Waals surface area contributed by atoms with Gasteiger partial charge in [-0.2, -0.15) is 0 Å². The number of aromatic nitrogens is 2. The van der Waals surface area contributed by atoms with Crippen LogP contribution < -0.4 is 0 Å². The summed E-state index contributed by atoms with van der Waals surface area (Å²) >= 11 is 9.97. The van der Waals surface area contributed by atoms with E-state index in [4.69, 9.17) is 21.6 Å². The van der Waals surface area contributed by atoms with Crippen LogP contribution in [-0.4, -0.2) is 9.97 Å². The maximum atomic E-state index is 6.40. The highest BCUT2D eigenvalue weighted by Crippen LogP contribution is 2.60. The lowest BCUT2D eigenvalue weighted by atomic mass is 9.49. The Balaban J connectivity index is 1.76. The van der Waals surface area contributed by atoms with Crippen molar-refractivity contribution in [1.82, 2.24) is 9.97 Å². The minimum absolute atomic E-state index is 0.238. The van der Waals surface area contributed by atoms with Crippen molar-refractivity contribution in [2.45, 2.75) is 63.7 Å². The molecule has 4 aliphatic carbocycles. The van der Waals surface area contributed by atoms with Crippen LogP contribution in [-0.2, 0) is 11.8 Å². The summed E-state index contributed by atoms with van der Waals surface area (Å²) in [7, 11) is 0. The van der Waals surface area contributed by atoms with E-state index in [1.165, 1.54) is 38.5 Å². The van der Waals surface area contributed by atoms with Crippen LogP contribution in [0.25, 0.3) is 0 Å². The first-order valence-corrected chi connectivity index (χ1v) is 9.49. The third-order valence-corrected chi connectivity index (χ3v) is 7.21. The number of hydrogen-bond acceptors (Lipinski definition) is 2. The largest absolute Gasteiger partial charge is 0.236 e. The van der Waals surface area contributed by atoms with Crippen molar-refractivity contribution < 1.29 is 0 Å². The first-order chi connectivity index (χ1) is 10.1. The molecule has 0 aliphatic heterocycles. The third kappa shape index (κ3) is 2.35. The van der Waals surface area contributed by atoms with Gasteiger partial charge in [-0.05, 0) is 78.6 Å². The van der Waals surface area contributed by atoms with Crippen molar-refractivity contribution >= 4 is 27.5 Å². The number of hydrogen-bond donors (Lipinski definition) is 0. The number of halogens is 2. The molecule has 0 atom stereocenters. The Bertz CT molecular complexity index is 537. The lowest BCUT2D eigenvalue weighted by Gasteiger charge is -2.56. The fourth-order valence-corrected chi connectivity index (χ4v) is 6.05. The van der Waals surface area contributed by atoms with Gasteiger partial charge in [0.25, 0.3) is 0 Å². The average Bonchev–Trinajstić information content (AvgIpc) is 2.42. The zero-order chi connectivity index (χ0) is 14.6. The Morgan fingerprint density at radius 2 is 1.67 bits per heavy atom. The molecule has 5 rings (SSSR count). The molecular weight excluding hydrogens is 348 g/mol. The van der Waals surface area contributed by atoms with E-state index in [9.17, 15) is 0 Å². The molecule has 114 valence electrons. The summed E-state index contributed by atoms with van der Waals surface area (Å²) in [5, 5.41) is 0.610. The molecule has 4 saturated carbocycles. The molecule has 0 saturated heterocycles. The Hall–Kier alpha value is -0.150. The first-order valence-electron chi connectivity index (χ1n) is 8.32. The molecule has 0 aromatic carbocycles. The van der Waals surface area contributed by atoms with Crippen LogP contribution in [0.5, 0.6) is 0 Å². The van der Waals surface area contributed by atoms with Gasteiger partial charge in [0, 0.05) is 5.41 Å². The Kier molecular flexibility index (Phi) is 3.57. The maximum absolute atomic E-state index is 6.40. The predicted molar refractivity (Wildman–Crippen MR) is 88.6 cm³/mol. The minimum atomic E-state index is 0.238. The first kappa shape index (κ1) is 14.4. The van der Waals surface area contributed by atoms with Crippen LogP contribution in [0, 0.1) is 17.8 Å². The summed E-state index contributed by atoms with van der Waals surface area (Å²) in [6, 6.07) is 0. The molecule has 21 heavy (non-hydrogen) atoms. The molecule has 0 spiro atoms. The van der Waals surface area contributed by atoms with Gasteiger partial charge >= 0.3 is 0 Å². The number of aryl methyl sites for hydroxylation is 1. The molecule has 4 fully saturated rings. The van der Waals surface area contributed by atoms with Crippen LogP contribution in [0.1, 0.15) is 63.4 Å². The lowest BCUT2D eigenvalue weighted by molar-refractivity contribution is -0.00951. The van der Waals surface area contributed by atoms with E-state index >= 15 is 0 Å². The third-order valence-electron chi connectivity index (χ3n) is 5.88. The van der Waals surface area contributed by atoms with Crippen LogP contribution in [0.15, 0.2) is 4.47 Å². The van der Waals surface area contributed by atoms with Crippen molar-refractivity contribution in [2.75, 3.05) is 0 Å². The van der Waals surface area contributed by atoms with Crippen LogP contribution in [0.4, 0.5) is 0 Å². The Morgan fingerprint density at radius 1 is 1.10 bits per heavy atom. The van der Waals surface area contributed by atoms with Gasteiger partial charge in [-0.1, -0.05) is 24.9 Å². The maximum Gasteiger partial charge on any atom is 0.147 e. The molecule has 1 heterocycles. The van der Waals surface area contributed by atoms with E-state index < -0.39 is 0 Å². The molecule has 1 aromatic rings. The topological polar surface area (TPSA) is 25.8 Å². The Labute approximate surface area is 140 Å². The summed E-state index contributed by atoms with van der Waals surface area (Å²) in [5.74, 6) is 3.80. The highest BCUT2D eigenvalue weighted by molar-refractivity contribution is 9.10. The highest BCUT2D eigenvalue weighted by atomic mass is 79.9. The van der Waals surface area contributed by atoms with Gasteiger partial charge in [0.05, 0.1) is 10.2 Å². The predicted octanol–water partition coefficient (Wildman–Crippen LogP) is 5.31. The van der Waals surface area contributed by atoms with Crippen LogP contribution >= 0.6 is 27.5 Å². The van der Waals surface area contributed by atoms with E-state index in [1.807, 2.05) is 0 Å². The van der Waals surface area contributed by atoms with Crippen LogP contribution in [0.3, 0.4) is 0 Å². The zero-order valence-electron chi connectivity index (χ0n) is 12.5. The van der Waals surface area contributed by atoms with E-state index in [1.54, 1.807) is 0 Å². The van der Waals surface area contributed by atoms with Crippen molar-refractivity contribution in [3.63, 3.8) is 0 Å².